The molecule has 0 unspecified atom stereocenters. The van der Waals surface area contributed by atoms with Crippen molar-refractivity contribution in [2.24, 2.45) is 5.92 Å². The Kier molecular flexibility index (Phi) is 9.72. The quantitative estimate of drug-likeness (QED) is 0.277. The number of carbonyl (C=O) groups is 4. The zero-order valence-corrected chi connectivity index (χ0v) is 14.3. The Morgan fingerprint density at radius 3 is 2.42 bits per heavy atom. The number of carbonyl (C=O) groups excluding carboxylic acids is 4. The second-order valence-corrected chi connectivity index (χ2v) is 5.95. The van der Waals surface area contributed by atoms with Crippen LogP contribution in [0.15, 0.2) is 0 Å². The van der Waals surface area contributed by atoms with E-state index >= 15 is 0 Å². The Labute approximate surface area is 142 Å². The minimum Gasteiger partial charge on any atom is -0.465 e. The van der Waals surface area contributed by atoms with E-state index < -0.39 is 11.9 Å². The molecule has 24 heavy (non-hydrogen) atoms. The highest BCUT2D eigenvalue weighted by molar-refractivity contribution is 5.86. The number of hydrogen-bond acceptors (Lipinski definition) is 6. The number of ether oxygens (including phenoxy) is 1. The van der Waals surface area contributed by atoms with Crippen LogP contribution in [0, 0.1) is 5.92 Å². The van der Waals surface area contributed by atoms with Gasteiger partial charge in [0.25, 0.3) is 12.3 Å². The van der Waals surface area contributed by atoms with Crippen LogP contribution < -0.4 is 0 Å². The van der Waals surface area contributed by atoms with Crippen LogP contribution >= 0.6 is 0 Å². The molecule has 0 saturated heterocycles. The van der Waals surface area contributed by atoms with Crippen LogP contribution in [0.3, 0.4) is 0 Å². The fraction of sp³-hybridized carbons (Fsp3) is 0.765. The molecule has 0 aromatic rings. The third-order valence-corrected chi connectivity index (χ3v) is 4.05. The number of hydrogen-bond donors (Lipinski definition) is 0. The lowest BCUT2D eigenvalue weighted by molar-refractivity contribution is -0.196. The first-order chi connectivity index (χ1) is 11.6. The Balaban J connectivity index is 2.06. The highest BCUT2D eigenvalue weighted by Gasteiger charge is 2.22. The molecule has 1 rings (SSSR count). The fourth-order valence-electron chi connectivity index (χ4n) is 2.62. The summed E-state index contributed by atoms with van der Waals surface area (Å²) >= 11 is 0. The predicted octanol–water partition coefficient (Wildman–Crippen LogP) is 2.52. The van der Waals surface area contributed by atoms with Gasteiger partial charge in [-0.2, -0.15) is 0 Å². The second kappa shape index (κ2) is 11.6. The molecule has 1 aliphatic rings. The molecule has 1 aliphatic carbocycles. The summed E-state index contributed by atoms with van der Waals surface area (Å²) in [7, 11) is 0. The molecule has 2 amide bonds. The van der Waals surface area contributed by atoms with E-state index in [4.69, 9.17) is 4.74 Å². The van der Waals surface area contributed by atoms with Gasteiger partial charge in [0.15, 0.2) is 0 Å². The lowest BCUT2D eigenvalue weighted by Gasteiger charge is -2.19. The number of nitrogens with zero attached hydrogens (tertiary/aromatic N) is 1. The van der Waals surface area contributed by atoms with Crippen molar-refractivity contribution < 1.29 is 28.8 Å². The zero-order chi connectivity index (χ0) is 17.8. The number of esters is 1. The number of amides is 2. The Morgan fingerprint density at radius 1 is 1.08 bits per heavy atom. The van der Waals surface area contributed by atoms with Crippen molar-refractivity contribution >= 4 is 24.3 Å². The highest BCUT2D eigenvalue weighted by Crippen LogP contribution is 2.24. The average Bonchev–Trinajstić information content (AvgIpc) is 2.62. The zero-order valence-electron chi connectivity index (χ0n) is 14.3. The van der Waals surface area contributed by atoms with E-state index in [1.165, 1.54) is 6.42 Å². The number of hydroxylamine groups is 2. The van der Waals surface area contributed by atoms with Gasteiger partial charge in [-0.05, 0) is 32.1 Å². The van der Waals surface area contributed by atoms with Crippen LogP contribution in [0.2, 0.25) is 0 Å². The standard InChI is InChI=1S/C17H27NO6/c1-2-15(20)18(13-19)24-16(21)11-7-4-8-12-23-17(22)14-9-5-3-6-10-14/h13-14H,2-12H2,1H3. The summed E-state index contributed by atoms with van der Waals surface area (Å²) in [5, 5.41) is 0.425. The summed E-state index contributed by atoms with van der Waals surface area (Å²) in [4.78, 5) is 49.9. The Morgan fingerprint density at radius 2 is 1.79 bits per heavy atom. The van der Waals surface area contributed by atoms with Gasteiger partial charge in [0.1, 0.15) is 0 Å². The molecule has 0 bridgehead atoms. The van der Waals surface area contributed by atoms with E-state index in [1.807, 2.05) is 0 Å². The minimum absolute atomic E-state index is 0.0548. The smallest absolute Gasteiger partial charge is 0.333 e. The molecule has 0 aromatic carbocycles. The van der Waals surface area contributed by atoms with Crippen LogP contribution in [0.5, 0.6) is 0 Å². The van der Waals surface area contributed by atoms with Crippen LogP contribution in [0.25, 0.3) is 0 Å². The summed E-state index contributed by atoms with van der Waals surface area (Å²) in [5.74, 6) is -1.23. The topological polar surface area (TPSA) is 90.0 Å². The Hall–Kier alpha value is -1.92. The summed E-state index contributed by atoms with van der Waals surface area (Å²) < 4.78 is 5.26. The molecular weight excluding hydrogens is 314 g/mol. The molecule has 136 valence electrons. The van der Waals surface area contributed by atoms with Crippen LogP contribution in [-0.2, 0) is 28.8 Å². The van der Waals surface area contributed by atoms with Gasteiger partial charge < -0.3 is 9.57 Å². The van der Waals surface area contributed by atoms with Gasteiger partial charge in [0, 0.05) is 12.8 Å². The van der Waals surface area contributed by atoms with Crippen molar-refractivity contribution in [1.29, 1.82) is 0 Å². The molecule has 0 atom stereocenters. The number of rotatable bonds is 9. The van der Waals surface area contributed by atoms with E-state index in [2.05, 4.69) is 4.84 Å². The molecule has 0 heterocycles. The van der Waals surface area contributed by atoms with Crippen molar-refractivity contribution in [2.45, 2.75) is 71.1 Å². The minimum atomic E-state index is -0.622. The van der Waals surface area contributed by atoms with Crippen molar-refractivity contribution in [3.05, 3.63) is 0 Å². The molecular formula is C17H27NO6. The van der Waals surface area contributed by atoms with E-state index in [0.29, 0.717) is 30.9 Å². The van der Waals surface area contributed by atoms with Gasteiger partial charge in [-0.3, -0.25) is 14.4 Å². The van der Waals surface area contributed by atoms with Crippen LogP contribution in [0.1, 0.15) is 71.1 Å². The first-order valence-electron chi connectivity index (χ1n) is 8.73. The molecule has 7 heteroatoms. The molecule has 0 spiro atoms. The van der Waals surface area contributed by atoms with Crippen LogP contribution in [0.4, 0.5) is 0 Å². The van der Waals surface area contributed by atoms with Gasteiger partial charge in [0.05, 0.1) is 12.5 Å². The lowest BCUT2D eigenvalue weighted by atomic mass is 9.89. The van der Waals surface area contributed by atoms with Crippen molar-refractivity contribution in [3.8, 4) is 0 Å². The summed E-state index contributed by atoms with van der Waals surface area (Å²) in [5.41, 5.74) is 0. The van der Waals surface area contributed by atoms with Crippen molar-refractivity contribution in [1.82, 2.24) is 5.06 Å². The molecule has 0 N–H and O–H groups in total. The fourth-order valence-corrected chi connectivity index (χ4v) is 2.62. The molecule has 0 aromatic heterocycles. The first kappa shape index (κ1) is 20.1. The average molecular weight is 341 g/mol. The maximum absolute atomic E-state index is 11.8. The Bertz CT molecular complexity index is 431. The van der Waals surface area contributed by atoms with E-state index in [0.717, 1.165) is 25.7 Å². The number of imide groups is 1. The molecule has 0 radical (unpaired) electrons. The summed E-state index contributed by atoms with van der Waals surface area (Å²) in [6.07, 6.45) is 7.55. The molecule has 1 saturated carbocycles. The maximum atomic E-state index is 11.8. The predicted molar refractivity (Wildman–Crippen MR) is 85.3 cm³/mol. The van der Waals surface area contributed by atoms with Gasteiger partial charge in [-0.1, -0.05) is 26.2 Å². The van der Waals surface area contributed by atoms with Crippen LogP contribution in [-0.4, -0.2) is 35.9 Å². The van der Waals surface area contributed by atoms with E-state index in [1.54, 1.807) is 6.92 Å². The van der Waals surface area contributed by atoms with Gasteiger partial charge in [-0.25, -0.2) is 4.79 Å². The summed E-state index contributed by atoms with van der Waals surface area (Å²) in [6, 6.07) is 0. The monoisotopic (exact) mass is 341 g/mol. The molecule has 1 fully saturated rings. The third kappa shape index (κ3) is 7.57. The molecule has 0 aliphatic heterocycles. The lowest BCUT2D eigenvalue weighted by Crippen LogP contribution is -2.31. The van der Waals surface area contributed by atoms with Gasteiger partial charge in [0.2, 0.25) is 0 Å². The summed E-state index contributed by atoms with van der Waals surface area (Å²) in [6.45, 7) is 1.93. The largest absolute Gasteiger partial charge is 0.465 e. The first-order valence-corrected chi connectivity index (χ1v) is 8.73. The van der Waals surface area contributed by atoms with Gasteiger partial charge in [-0.15, -0.1) is 5.06 Å². The third-order valence-electron chi connectivity index (χ3n) is 4.05. The maximum Gasteiger partial charge on any atom is 0.333 e. The van der Waals surface area contributed by atoms with Crippen molar-refractivity contribution in [2.75, 3.05) is 6.61 Å². The molecule has 7 nitrogen and oxygen atoms in total. The highest BCUT2D eigenvalue weighted by atomic mass is 16.7. The SMILES string of the molecule is CCC(=O)N(C=O)OC(=O)CCCCCOC(=O)C1CCCCC1. The normalized spacial score (nSPS) is 14.7. The van der Waals surface area contributed by atoms with E-state index in [-0.39, 0.29) is 31.1 Å². The van der Waals surface area contributed by atoms with Crippen molar-refractivity contribution in [3.63, 3.8) is 0 Å². The second-order valence-electron chi connectivity index (χ2n) is 5.95. The number of unbranched alkanes of at least 4 members (excludes halogenated alkanes) is 2. The van der Waals surface area contributed by atoms with E-state index in [9.17, 15) is 19.2 Å². The van der Waals surface area contributed by atoms with Gasteiger partial charge >= 0.3 is 11.9 Å².